The lowest BCUT2D eigenvalue weighted by Crippen LogP contribution is -2.35. The Labute approximate surface area is 77.1 Å². The maximum absolute atomic E-state index is 10.9. The minimum atomic E-state index is -0.194. The van der Waals surface area contributed by atoms with Crippen molar-refractivity contribution in [2.45, 2.75) is 13.5 Å². The summed E-state index contributed by atoms with van der Waals surface area (Å²) in [7, 11) is 0. The van der Waals surface area contributed by atoms with Crippen LogP contribution in [0.25, 0.3) is 0 Å². The lowest BCUT2D eigenvalue weighted by Gasteiger charge is -2.14. The number of anilines is 1. The molecule has 0 heterocycles. The SMILES string of the molecule is CC(=O)N(N)c1ccc(CN)cc1. The van der Waals surface area contributed by atoms with E-state index in [1.807, 2.05) is 12.1 Å². The summed E-state index contributed by atoms with van der Waals surface area (Å²) in [6.07, 6.45) is 0. The van der Waals surface area contributed by atoms with Gasteiger partial charge < -0.3 is 5.73 Å². The number of nitrogens with zero attached hydrogens (tertiary/aromatic N) is 1. The molecule has 0 aromatic heterocycles. The normalized spacial score (nSPS) is 9.77. The second-order valence-corrected chi connectivity index (χ2v) is 2.76. The third-order valence-corrected chi connectivity index (χ3v) is 1.79. The van der Waals surface area contributed by atoms with E-state index < -0.39 is 0 Å². The zero-order chi connectivity index (χ0) is 9.84. The van der Waals surface area contributed by atoms with E-state index in [2.05, 4.69) is 0 Å². The van der Waals surface area contributed by atoms with E-state index in [9.17, 15) is 4.79 Å². The summed E-state index contributed by atoms with van der Waals surface area (Å²) in [5, 5.41) is 1.10. The molecule has 1 rings (SSSR count). The molecule has 0 saturated carbocycles. The predicted octanol–water partition coefficient (Wildman–Crippen LogP) is 0.372. The second-order valence-electron chi connectivity index (χ2n) is 2.76. The van der Waals surface area contributed by atoms with E-state index in [1.54, 1.807) is 12.1 Å². The number of hydrogen-bond acceptors (Lipinski definition) is 3. The fourth-order valence-corrected chi connectivity index (χ4v) is 0.974. The van der Waals surface area contributed by atoms with Crippen molar-refractivity contribution in [2.24, 2.45) is 11.6 Å². The summed E-state index contributed by atoms with van der Waals surface area (Å²) in [6, 6.07) is 7.23. The van der Waals surface area contributed by atoms with Gasteiger partial charge in [-0.25, -0.2) is 10.9 Å². The first-order valence-electron chi connectivity index (χ1n) is 3.99. The number of carbonyl (C=O) groups is 1. The van der Waals surface area contributed by atoms with Gasteiger partial charge in [0.15, 0.2) is 0 Å². The van der Waals surface area contributed by atoms with Crippen molar-refractivity contribution in [2.75, 3.05) is 5.01 Å². The minimum Gasteiger partial charge on any atom is -0.326 e. The molecule has 0 atom stereocenters. The summed E-state index contributed by atoms with van der Waals surface area (Å²) in [5.41, 5.74) is 7.11. The van der Waals surface area contributed by atoms with Crippen LogP contribution in [0.3, 0.4) is 0 Å². The maximum atomic E-state index is 10.9. The van der Waals surface area contributed by atoms with Gasteiger partial charge in [-0.05, 0) is 17.7 Å². The van der Waals surface area contributed by atoms with Gasteiger partial charge in [-0.2, -0.15) is 0 Å². The number of hydrogen-bond donors (Lipinski definition) is 2. The molecule has 0 aliphatic carbocycles. The lowest BCUT2D eigenvalue weighted by atomic mass is 10.2. The van der Waals surface area contributed by atoms with Crippen molar-refractivity contribution in [3.05, 3.63) is 29.8 Å². The molecule has 70 valence electrons. The van der Waals surface area contributed by atoms with Crippen LogP contribution in [0.1, 0.15) is 12.5 Å². The maximum Gasteiger partial charge on any atom is 0.238 e. The van der Waals surface area contributed by atoms with Crippen molar-refractivity contribution < 1.29 is 4.79 Å². The Bertz CT molecular complexity index is 294. The summed E-state index contributed by atoms with van der Waals surface area (Å²) >= 11 is 0. The molecule has 1 amide bonds. The van der Waals surface area contributed by atoms with Gasteiger partial charge in [0.1, 0.15) is 0 Å². The van der Waals surface area contributed by atoms with E-state index in [1.165, 1.54) is 6.92 Å². The van der Waals surface area contributed by atoms with Crippen molar-refractivity contribution in [1.82, 2.24) is 0 Å². The third kappa shape index (κ3) is 2.27. The Hall–Kier alpha value is -1.39. The minimum absolute atomic E-state index is 0.194. The molecule has 4 heteroatoms. The number of nitrogens with two attached hydrogens (primary N) is 2. The van der Waals surface area contributed by atoms with Gasteiger partial charge in [0, 0.05) is 13.5 Å². The van der Waals surface area contributed by atoms with Crippen LogP contribution in [0, 0.1) is 0 Å². The Kier molecular flexibility index (Phi) is 3.00. The van der Waals surface area contributed by atoms with Crippen LogP contribution < -0.4 is 16.6 Å². The molecule has 0 radical (unpaired) electrons. The average Bonchev–Trinajstić information content (AvgIpc) is 2.17. The van der Waals surface area contributed by atoms with Crippen LogP contribution in [0.4, 0.5) is 5.69 Å². The first-order chi connectivity index (χ1) is 6.15. The average molecular weight is 179 g/mol. The highest BCUT2D eigenvalue weighted by molar-refractivity contribution is 5.90. The fourth-order valence-electron chi connectivity index (χ4n) is 0.974. The van der Waals surface area contributed by atoms with E-state index in [0.717, 1.165) is 10.6 Å². The third-order valence-electron chi connectivity index (χ3n) is 1.79. The van der Waals surface area contributed by atoms with E-state index in [-0.39, 0.29) is 5.91 Å². The van der Waals surface area contributed by atoms with E-state index in [4.69, 9.17) is 11.6 Å². The predicted molar refractivity (Wildman–Crippen MR) is 51.7 cm³/mol. The zero-order valence-corrected chi connectivity index (χ0v) is 7.53. The van der Waals surface area contributed by atoms with Gasteiger partial charge in [0.05, 0.1) is 5.69 Å². The molecule has 4 nitrogen and oxygen atoms in total. The monoisotopic (exact) mass is 179 g/mol. The molecule has 0 saturated heterocycles. The summed E-state index contributed by atoms with van der Waals surface area (Å²) in [5.74, 6) is 5.29. The van der Waals surface area contributed by atoms with Gasteiger partial charge >= 0.3 is 0 Å². The topological polar surface area (TPSA) is 72.3 Å². The Morgan fingerprint density at radius 2 is 1.92 bits per heavy atom. The number of amides is 1. The first kappa shape index (κ1) is 9.70. The largest absolute Gasteiger partial charge is 0.326 e. The van der Waals surface area contributed by atoms with Crippen LogP contribution >= 0.6 is 0 Å². The molecular weight excluding hydrogens is 166 g/mol. The second kappa shape index (κ2) is 4.02. The molecule has 0 fully saturated rings. The van der Waals surface area contributed by atoms with Crippen molar-refractivity contribution in [3.8, 4) is 0 Å². The quantitative estimate of drug-likeness (QED) is 0.391. The number of hydrazine groups is 1. The standard InChI is InChI=1S/C9H13N3O/c1-7(13)12(11)9-4-2-8(6-10)3-5-9/h2-5H,6,10-11H2,1H3. The van der Waals surface area contributed by atoms with Gasteiger partial charge in [-0.1, -0.05) is 12.1 Å². The van der Waals surface area contributed by atoms with Crippen LogP contribution in [0.2, 0.25) is 0 Å². The molecule has 4 N–H and O–H groups in total. The molecule has 0 bridgehead atoms. The Morgan fingerprint density at radius 1 is 1.38 bits per heavy atom. The highest BCUT2D eigenvalue weighted by Crippen LogP contribution is 2.11. The molecule has 1 aromatic rings. The zero-order valence-electron chi connectivity index (χ0n) is 7.53. The van der Waals surface area contributed by atoms with Crippen molar-refractivity contribution in [3.63, 3.8) is 0 Å². The Balaban J connectivity index is 2.85. The number of benzene rings is 1. The molecule has 0 spiro atoms. The summed E-state index contributed by atoms with van der Waals surface area (Å²) in [4.78, 5) is 10.9. The molecule has 0 unspecified atom stereocenters. The molecule has 0 aliphatic rings. The lowest BCUT2D eigenvalue weighted by molar-refractivity contribution is -0.116. The van der Waals surface area contributed by atoms with Gasteiger partial charge in [-0.15, -0.1) is 0 Å². The van der Waals surface area contributed by atoms with Crippen molar-refractivity contribution in [1.29, 1.82) is 0 Å². The first-order valence-corrected chi connectivity index (χ1v) is 3.99. The molecule has 13 heavy (non-hydrogen) atoms. The van der Waals surface area contributed by atoms with E-state index >= 15 is 0 Å². The van der Waals surface area contributed by atoms with Gasteiger partial charge in [0.25, 0.3) is 0 Å². The Morgan fingerprint density at radius 3 is 2.31 bits per heavy atom. The summed E-state index contributed by atoms with van der Waals surface area (Å²) < 4.78 is 0. The van der Waals surface area contributed by atoms with Gasteiger partial charge in [-0.3, -0.25) is 4.79 Å². The van der Waals surface area contributed by atoms with Crippen molar-refractivity contribution >= 4 is 11.6 Å². The highest BCUT2D eigenvalue weighted by atomic mass is 16.2. The van der Waals surface area contributed by atoms with Crippen LogP contribution in [-0.4, -0.2) is 5.91 Å². The smallest absolute Gasteiger partial charge is 0.238 e. The molecule has 0 aliphatic heterocycles. The molecular formula is C9H13N3O. The van der Waals surface area contributed by atoms with Gasteiger partial charge in [0.2, 0.25) is 5.91 Å². The highest BCUT2D eigenvalue weighted by Gasteiger charge is 2.04. The number of rotatable bonds is 2. The van der Waals surface area contributed by atoms with Crippen LogP contribution in [0.15, 0.2) is 24.3 Å². The fraction of sp³-hybridized carbons (Fsp3) is 0.222. The summed E-state index contributed by atoms with van der Waals surface area (Å²) in [6.45, 7) is 1.90. The molecule has 1 aromatic carbocycles. The van der Waals surface area contributed by atoms with Crippen LogP contribution in [0.5, 0.6) is 0 Å². The van der Waals surface area contributed by atoms with E-state index in [0.29, 0.717) is 12.2 Å². The number of carbonyl (C=O) groups excluding carboxylic acids is 1. The van der Waals surface area contributed by atoms with Crippen LogP contribution in [-0.2, 0) is 11.3 Å².